The van der Waals surface area contributed by atoms with Crippen LogP contribution in [-0.4, -0.2) is 38.7 Å². The van der Waals surface area contributed by atoms with Crippen LogP contribution in [0.1, 0.15) is 72.8 Å². The first-order valence-corrected chi connectivity index (χ1v) is 10.9. The number of hydrogen-bond donors (Lipinski definition) is 0. The Morgan fingerprint density at radius 3 is 2.86 bits per heavy atom. The van der Waals surface area contributed by atoms with Crippen LogP contribution in [0.15, 0.2) is 18.2 Å². The largest absolute Gasteiger partial charge is 0.342 e. The van der Waals surface area contributed by atoms with E-state index >= 15 is 0 Å². The maximum atomic E-state index is 12.9. The minimum Gasteiger partial charge on any atom is -0.342 e. The quantitative estimate of drug-likeness (QED) is 0.807. The topological polar surface area (TPSA) is 51.0 Å². The molecule has 28 heavy (non-hydrogen) atoms. The first-order chi connectivity index (χ1) is 13.6. The molecular formula is C23H32N4O. The lowest BCUT2D eigenvalue weighted by atomic mass is 9.96. The summed E-state index contributed by atoms with van der Waals surface area (Å²) in [5.41, 5.74) is 3.85. The van der Waals surface area contributed by atoms with E-state index < -0.39 is 0 Å². The van der Waals surface area contributed by atoms with Crippen LogP contribution >= 0.6 is 0 Å². The number of amides is 1. The van der Waals surface area contributed by atoms with Gasteiger partial charge in [-0.3, -0.25) is 4.79 Å². The molecule has 0 saturated carbocycles. The van der Waals surface area contributed by atoms with Crippen molar-refractivity contribution in [2.24, 2.45) is 0 Å². The fourth-order valence-corrected chi connectivity index (χ4v) is 4.75. The monoisotopic (exact) mass is 380 g/mol. The molecule has 5 nitrogen and oxygen atoms in total. The SMILES string of the molecule is Cc1ccc(CCC(=O)N2CCCC(c3nnc4n3CCCCC4)C2)c(C)c1. The summed E-state index contributed by atoms with van der Waals surface area (Å²) in [4.78, 5) is 15.0. The molecule has 3 heterocycles. The van der Waals surface area contributed by atoms with Crippen LogP contribution in [0.25, 0.3) is 0 Å². The number of likely N-dealkylation sites (tertiary alicyclic amines) is 1. The lowest BCUT2D eigenvalue weighted by Gasteiger charge is -2.32. The summed E-state index contributed by atoms with van der Waals surface area (Å²) >= 11 is 0. The zero-order valence-electron chi connectivity index (χ0n) is 17.3. The maximum absolute atomic E-state index is 12.9. The molecule has 4 rings (SSSR count). The van der Waals surface area contributed by atoms with Gasteiger partial charge in [-0.05, 0) is 57.1 Å². The normalized spacial score (nSPS) is 19.9. The molecule has 1 saturated heterocycles. The van der Waals surface area contributed by atoms with E-state index in [1.165, 1.54) is 36.0 Å². The fourth-order valence-electron chi connectivity index (χ4n) is 4.75. The average Bonchev–Trinajstić information content (AvgIpc) is 2.95. The van der Waals surface area contributed by atoms with Gasteiger partial charge in [0.05, 0.1) is 0 Å². The Morgan fingerprint density at radius 2 is 2.00 bits per heavy atom. The van der Waals surface area contributed by atoms with Gasteiger partial charge in [0.2, 0.25) is 5.91 Å². The van der Waals surface area contributed by atoms with Crippen LogP contribution < -0.4 is 0 Å². The van der Waals surface area contributed by atoms with Crippen LogP contribution in [0.5, 0.6) is 0 Å². The Bertz CT molecular complexity index is 841. The number of aromatic nitrogens is 3. The Hall–Kier alpha value is -2.17. The van der Waals surface area contributed by atoms with Gasteiger partial charge in [-0.25, -0.2) is 0 Å². The van der Waals surface area contributed by atoms with Crippen molar-refractivity contribution in [2.75, 3.05) is 13.1 Å². The van der Waals surface area contributed by atoms with E-state index in [1.807, 2.05) is 0 Å². The van der Waals surface area contributed by atoms with Gasteiger partial charge in [0.15, 0.2) is 0 Å². The zero-order chi connectivity index (χ0) is 19.5. The predicted octanol–water partition coefficient (Wildman–Crippen LogP) is 3.96. The average molecular weight is 381 g/mol. The Morgan fingerprint density at radius 1 is 1.11 bits per heavy atom. The molecule has 1 aromatic heterocycles. The third kappa shape index (κ3) is 4.13. The number of carbonyl (C=O) groups is 1. The molecule has 2 aromatic rings. The lowest BCUT2D eigenvalue weighted by molar-refractivity contribution is -0.132. The maximum Gasteiger partial charge on any atom is 0.222 e. The van der Waals surface area contributed by atoms with Crippen molar-refractivity contribution in [2.45, 2.75) is 77.7 Å². The van der Waals surface area contributed by atoms with Crippen LogP contribution in [0.4, 0.5) is 0 Å². The third-order valence-corrected chi connectivity index (χ3v) is 6.38. The molecule has 0 aliphatic carbocycles. The summed E-state index contributed by atoms with van der Waals surface area (Å²) in [6.07, 6.45) is 8.33. The Labute approximate surface area is 168 Å². The van der Waals surface area contributed by atoms with Gasteiger partial charge in [0, 0.05) is 38.4 Å². The summed E-state index contributed by atoms with van der Waals surface area (Å²) in [5, 5.41) is 9.01. The van der Waals surface area contributed by atoms with Gasteiger partial charge in [0.25, 0.3) is 0 Å². The molecule has 0 spiro atoms. The van der Waals surface area contributed by atoms with Crippen molar-refractivity contribution in [3.63, 3.8) is 0 Å². The molecule has 0 N–H and O–H groups in total. The van der Waals surface area contributed by atoms with Crippen molar-refractivity contribution in [3.05, 3.63) is 46.5 Å². The smallest absolute Gasteiger partial charge is 0.222 e. The van der Waals surface area contributed by atoms with Gasteiger partial charge in [0.1, 0.15) is 11.6 Å². The van der Waals surface area contributed by atoms with E-state index in [9.17, 15) is 4.79 Å². The molecule has 1 aromatic carbocycles. The Kier molecular flexibility index (Phi) is 5.79. The van der Waals surface area contributed by atoms with Gasteiger partial charge in [-0.1, -0.05) is 30.2 Å². The molecule has 1 amide bonds. The summed E-state index contributed by atoms with van der Waals surface area (Å²) in [6.45, 7) is 6.96. The number of piperidine rings is 1. The molecule has 2 aliphatic rings. The van der Waals surface area contributed by atoms with Gasteiger partial charge in [-0.15, -0.1) is 10.2 Å². The molecule has 2 aliphatic heterocycles. The third-order valence-electron chi connectivity index (χ3n) is 6.38. The molecular weight excluding hydrogens is 348 g/mol. The van der Waals surface area contributed by atoms with Crippen LogP contribution in [0.3, 0.4) is 0 Å². The van der Waals surface area contributed by atoms with E-state index in [2.05, 4.69) is 51.7 Å². The second-order valence-corrected chi connectivity index (χ2v) is 8.55. The van der Waals surface area contributed by atoms with Crippen LogP contribution in [0, 0.1) is 13.8 Å². The minimum absolute atomic E-state index is 0.278. The number of benzene rings is 1. The van der Waals surface area contributed by atoms with Crippen molar-refractivity contribution in [3.8, 4) is 0 Å². The molecule has 0 radical (unpaired) electrons. The van der Waals surface area contributed by atoms with Crippen LogP contribution in [0.2, 0.25) is 0 Å². The zero-order valence-corrected chi connectivity index (χ0v) is 17.3. The first-order valence-electron chi connectivity index (χ1n) is 10.9. The van der Waals surface area contributed by atoms with E-state index in [4.69, 9.17) is 0 Å². The second-order valence-electron chi connectivity index (χ2n) is 8.55. The van der Waals surface area contributed by atoms with E-state index in [-0.39, 0.29) is 5.91 Å². The van der Waals surface area contributed by atoms with E-state index in [0.717, 1.165) is 57.0 Å². The fraction of sp³-hybridized carbons (Fsp3) is 0.609. The summed E-state index contributed by atoms with van der Waals surface area (Å²) in [7, 11) is 0. The highest BCUT2D eigenvalue weighted by molar-refractivity contribution is 5.76. The number of aryl methyl sites for hydroxylation is 4. The van der Waals surface area contributed by atoms with Crippen molar-refractivity contribution >= 4 is 5.91 Å². The Balaban J connectivity index is 1.39. The van der Waals surface area contributed by atoms with Crippen molar-refractivity contribution < 1.29 is 4.79 Å². The summed E-state index contributed by atoms with van der Waals surface area (Å²) in [6, 6.07) is 6.51. The van der Waals surface area contributed by atoms with Gasteiger partial charge >= 0.3 is 0 Å². The molecule has 1 fully saturated rings. The first kappa shape index (κ1) is 19.2. The highest BCUT2D eigenvalue weighted by atomic mass is 16.2. The molecule has 5 heteroatoms. The number of rotatable bonds is 4. The van der Waals surface area contributed by atoms with Gasteiger partial charge < -0.3 is 9.47 Å². The lowest BCUT2D eigenvalue weighted by Crippen LogP contribution is -2.40. The predicted molar refractivity (Wildman–Crippen MR) is 110 cm³/mol. The summed E-state index contributed by atoms with van der Waals surface area (Å²) < 4.78 is 2.35. The molecule has 150 valence electrons. The summed E-state index contributed by atoms with van der Waals surface area (Å²) in [5.74, 6) is 2.87. The van der Waals surface area contributed by atoms with Crippen molar-refractivity contribution in [1.82, 2.24) is 19.7 Å². The molecule has 1 unspecified atom stereocenters. The van der Waals surface area contributed by atoms with E-state index in [0.29, 0.717) is 12.3 Å². The molecule has 1 atom stereocenters. The second kappa shape index (κ2) is 8.46. The van der Waals surface area contributed by atoms with E-state index in [1.54, 1.807) is 0 Å². The number of nitrogens with zero attached hydrogens (tertiary/aromatic N) is 4. The standard InChI is InChI=1S/C23H32N4O/c1-17-9-10-19(18(2)15-17)11-12-22(28)26-13-6-7-20(16-26)23-25-24-21-8-4-3-5-14-27(21)23/h9-10,15,20H,3-8,11-14,16H2,1-2H3. The van der Waals surface area contributed by atoms with Gasteiger partial charge in [-0.2, -0.15) is 0 Å². The minimum atomic E-state index is 0.278. The van der Waals surface area contributed by atoms with Crippen LogP contribution in [-0.2, 0) is 24.2 Å². The highest BCUT2D eigenvalue weighted by Crippen LogP contribution is 2.28. The highest BCUT2D eigenvalue weighted by Gasteiger charge is 2.29. The number of hydrogen-bond acceptors (Lipinski definition) is 3. The van der Waals surface area contributed by atoms with Crippen molar-refractivity contribution in [1.29, 1.82) is 0 Å². The number of carbonyl (C=O) groups excluding carboxylic acids is 1. The number of fused-ring (bicyclic) bond motifs is 1. The molecule has 0 bridgehead atoms.